The van der Waals surface area contributed by atoms with E-state index in [0.29, 0.717) is 0 Å². The topological polar surface area (TPSA) is 109 Å². The fraction of sp³-hybridized carbons (Fsp3) is 0. The molecule has 0 spiro atoms. The Morgan fingerprint density at radius 1 is 1.12 bits per heavy atom. The molecule has 0 aromatic carbocycles. The molecule has 0 bridgehead atoms. The Morgan fingerprint density at radius 3 is 1.12 bits per heavy atom. The van der Waals surface area contributed by atoms with Crippen LogP contribution in [-0.2, 0) is 4.57 Å². The molecule has 0 aliphatic rings. The van der Waals surface area contributed by atoms with E-state index in [9.17, 15) is 0 Å². The van der Waals surface area contributed by atoms with E-state index in [1.54, 1.807) is 0 Å². The Balaban J connectivity index is -0.0000000267. The van der Waals surface area contributed by atoms with Gasteiger partial charge in [0.2, 0.25) is 0 Å². The van der Waals surface area contributed by atoms with Gasteiger partial charge in [-0.1, -0.05) is 0 Å². The van der Waals surface area contributed by atoms with Gasteiger partial charge in [0.1, 0.15) is 0 Å². The normalized spacial score (nSPS) is 7.38. The quantitative estimate of drug-likeness (QED) is 0.267. The molecule has 0 unspecified atom stereocenters. The Labute approximate surface area is 86.8 Å². The van der Waals surface area contributed by atoms with Gasteiger partial charge in [0.15, 0.2) is 17.4 Å². The van der Waals surface area contributed by atoms with E-state index in [4.69, 9.17) is 19.2 Å². The zero-order valence-corrected chi connectivity index (χ0v) is 3.59. The maximum atomic E-state index is 8.88. The third-order valence-electron chi connectivity index (χ3n) is 0. The van der Waals surface area contributed by atoms with Gasteiger partial charge in [0, 0.05) is 0 Å². The van der Waals surface area contributed by atoms with E-state index in [1.165, 1.54) is 0 Å². The molecule has 0 rings (SSSR count). The fourth-order valence-electron chi connectivity index (χ4n) is 0. The summed E-state index contributed by atoms with van der Waals surface area (Å²) in [4.78, 5) is 21.6. The van der Waals surface area contributed by atoms with Gasteiger partial charge in [0.05, 0.1) is 0 Å². The van der Waals surface area contributed by atoms with Crippen molar-refractivity contribution in [3.8, 4) is 0 Å². The first-order chi connectivity index (χ1) is 2.00. The summed E-state index contributed by atoms with van der Waals surface area (Å²) in [5.74, 6) is 0. The molecule has 5 N–H and O–H groups in total. The summed E-state index contributed by atoms with van der Waals surface area (Å²) in [6, 6.07) is 0. The molecule has 0 atom stereocenters. The fourth-order valence-corrected chi connectivity index (χ4v) is 0. The molecule has 50 valence electrons. The van der Waals surface area contributed by atoms with Crippen molar-refractivity contribution in [1.29, 1.82) is 0 Å². The second-order valence-corrected chi connectivity index (χ2v) is 1.54. The molecule has 0 radical (unpaired) electrons. The summed E-state index contributed by atoms with van der Waals surface area (Å²) in [6.07, 6.45) is 0. The predicted molar refractivity (Wildman–Crippen MR) is 36.4 cm³/mol. The molecule has 5 nitrogen and oxygen atoms in total. The zero-order chi connectivity index (χ0) is 4.50. The molecule has 0 aromatic rings. The number of phosphoric acid groups is 1. The molecule has 0 aliphatic heterocycles. The van der Waals surface area contributed by atoms with Crippen molar-refractivity contribution in [1.82, 2.24) is 0 Å². The van der Waals surface area contributed by atoms with E-state index in [0.717, 1.165) is 0 Å². The van der Waals surface area contributed by atoms with Crippen molar-refractivity contribution in [2.75, 3.05) is 0 Å². The van der Waals surface area contributed by atoms with Gasteiger partial charge >= 0.3 is 45.6 Å². The third kappa shape index (κ3) is 107. The number of hydrogen-bond donors (Lipinski definition) is 3. The molecule has 8 heavy (non-hydrogen) atoms. The van der Waals surface area contributed by atoms with Crippen LogP contribution in [0, 0.1) is 0 Å². The van der Waals surface area contributed by atoms with Crippen molar-refractivity contribution >= 4 is 62.9 Å². The minimum absolute atomic E-state index is 0. The van der Waals surface area contributed by atoms with Crippen LogP contribution in [0.5, 0.6) is 0 Å². The molecule has 0 heterocycles. The van der Waals surface area contributed by atoms with Crippen LogP contribution in [0.2, 0.25) is 0 Å². The first-order valence-electron chi connectivity index (χ1n) is 0.783. The van der Waals surface area contributed by atoms with Crippen molar-refractivity contribution in [3.63, 3.8) is 0 Å². The van der Waals surface area contributed by atoms with Gasteiger partial charge in [0.25, 0.3) is 0 Å². The monoisotopic (exact) mass is 188 g/mol. The van der Waals surface area contributed by atoms with E-state index < -0.39 is 7.82 Å². The van der Waals surface area contributed by atoms with Crippen molar-refractivity contribution < 1.29 is 24.7 Å². The van der Waals surface area contributed by atoms with Crippen LogP contribution in [0.3, 0.4) is 0 Å². The van der Waals surface area contributed by atoms with Crippen LogP contribution in [-0.4, -0.2) is 75.3 Å². The molecule has 0 saturated carbocycles. The maximum absolute atomic E-state index is 8.88. The number of rotatable bonds is 0. The van der Waals surface area contributed by atoms with Gasteiger partial charge in [-0.2, -0.15) is 0 Å². The van der Waals surface area contributed by atoms with Gasteiger partial charge in [-0.25, -0.2) is 4.57 Å². The summed E-state index contributed by atoms with van der Waals surface area (Å²) in [5.41, 5.74) is 0. The van der Waals surface area contributed by atoms with Gasteiger partial charge in [-0.05, 0) is 0 Å². The third-order valence-corrected chi connectivity index (χ3v) is 0. The molecular weight excluding hydrogens is 178 g/mol. The molecule has 0 aromatic heterocycles. The minimum atomic E-state index is -4.64. The second kappa shape index (κ2) is 8.86. The predicted octanol–water partition coefficient (Wildman–Crippen LogP) is -3.85. The zero-order valence-electron chi connectivity index (χ0n) is 2.70. The molecule has 0 saturated heterocycles. The standard InChI is InChI=1S/Al.Ca.H3O4P.H2O.5H/c;;1-5(2,3)4;;;;;;/h;;(H3,1,2,3,4);1H2;;;;;. The van der Waals surface area contributed by atoms with Crippen LogP contribution in [0.4, 0.5) is 0 Å². The van der Waals surface area contributed by atoms with Crippen molar-refractivity contribution in [2.45, 2.75) is 0 Å². The summed E-state index contributed by atoms with van der Waals surface area (Å²) >= 11 is 0. The number of hydrogen-bond acceptors (Lipinski definition) is 1. The van der Waals surface area contributed by atoms with Crippen LogP contribution >= 0.6 is 7.82 Å². The molecule has 0 aliphatic carbocycles. The Hall–Kier alpha value is 1.86. The molecule has 0 amide bonds. The first kappa shape index (κ1) is 22.5. The average molecular weight is 188 g/mol. The van der Waals surface area contributed by atoms with E-state index in [1.807, 2.05) is 0 Å². The van der Waals surface area contributed by atoms with Gasteiger partial charge < -0.3 is 20.2 Å². The van der Waals surface area contributed by atoms with Crippen LogP contribution in [0.15, 0.2) is 0 Å². The second-order valence-electron chi connectivity index (χ2n) is 0.513. The van der Waals surface area contributed by atoms with Gasteiger partial charge in [-0.3, -0.25) is 0 Å². The van der Waals surface area contributed by atoms with E-state index in [-0.39, 0.29) is 60.6 Å². The van der Waals surface area contributed by atoms with Crippen molar-refractivity contribution in [3.05, 3.63) is 0 Å². The SMILES string of the molecule is O.O=P(O)(O)O.[AlH3].[CaH2]. The molecule has 8 heteroatoms. The summed E-state index contributed by atoms with van der Waals surface area (Å²) in [6.45, 7) is 0. The average Bonchev–Trinajstić information content (AvgIpc) is 0.722. The summed E-state index contributed by atoms with van der Waals surface area (Å²) < 4.78 is 8.88. The summed E-state index contributed by atoms with van der Waals surface area (Å²) in [7, 11) is -4.64. The van der Waals surface area contributed by atoms with E-state index in [2.05, 4.69) is 0 Å². The van der Waals surface area contributed by atoms with Crippen LogP contribution < -0.4 is 0 Å². The first-order valence-corrected chi connectivity index (χ1v) is 2.35. The van der Waals surface area contributed by atoms with Crippen molar-refractivity contribution in [2.24, 2.45) is 0 Å². The van der Waals surface area contributed by atoms with Crippen LogP contribution in [0.25, 0.3) is 0 Å². The van der Waals surface area contributed by atoms with Gasteiger partial charge in [-0.15, -0.1) is 0 Å². The Kier molecular flexibility index (Phi) is 25.0. The molecular formula is H10AlCaO5P. The molecule has 0 fully saturated rings. The van der Waals surface area contributed by atoms with E-state index >= 15 is 0 Å². The Morgan fingerprint density at radius 2 is 1.12 bits per heavy atom. The summed E-state index contributed by atoms with van der Waals surface area (Å²) in [5, 5.41) is 0. The van der Waals surface area contributed by atoms with Crippen LogP contribution in [0.1, 0.15) is 0 Å². The Bertz CT molecular complexity index is 58.6.